The van der Waals surface area contributed by atoms with E-state index in [1.54, 1.807) is 0 Å². The molecule has 5 nitrogen and oxygen atoms in total. The molecule has 1 unspecified atom stereocenters. The van der Waals surface area contributed by atoms with Gasteiger partial charge in [0.1, 0.15) is 16.4 Å². The van der Waals surface area contributed by atoms with Crippen LogP contribution in [0.4, 0.5) is 0 Å². The van der Waals surface area contributed by atoms with Gasteiger partial charge in [-0.2, -0.15) is 0 Å². The second kappa shape index (κ2) is 6.68. The summed E-state index contributed by atoms with van der Waals surface area (Å²) >= 11 is 1.44. The zero-order valence-electron chi connectivity index (χ0n) is 15.1. The van der Waals surface area contributed by atoms with Crippen LogP contribution in [-0.2, 0) is 6.42 Å². The van der Waals surface area contributed by atoms with E-state index in [0.717, 1.165) is 44.3 Å². The number of hydrogen-bond donors (Lipinski definition) is 1. The van der Waals surface area contributed by atoms with Crippen molar-refractivity contribution in [1.82, 2.24) is 15.3 Å². The van der Waals surface area contributed by atoms with E-state index >= 15 is 0 Å². The molecule has 1 atom stereocenters. The van der Waals surface area contributed by atoms with Gasteiger partial charge in [-0.05, 0) is 44.4 Å². The van der Waals surface area contributed by atoms with Crippen molar-refractivity contribution in [2.45, 2.75) is 27.2 Å². The molecule has 0 bridgehead atoms. The van der Waals surface area contributed by atoms with E-state index in [9.17, 15) is 4.79 Å². The molecule has 1 aromatic carbocycles. The normalized spacial score (nSPS) is 16.2. The van der Waals surface area contributed by atoms with Gasteiger partial charge >= 0.3 is 0 Å². The Hall–Kier alpha value is -2.47. The van der Waals surface area contributed by atoms with E-state index in [4.69, 9.17) is 4.74 Å². The van der Waals surface area contributed by atoms with E-state index in [1.165, 1.54) is 16.9 Å². The van der Waals surface area contributed by atoms with E-state index in [-0.39, 0.29) is 11.8 Å². The van der Waals surface area contributed by atoms with Crippen LogP contribution in [0.1, 0.15) is 32.3 Å². The minimum atomic E-state index is -0.0404. The van der Waals surface area contributed by atoms with Crippen LogP contribution in [0.2, 0.25) is 0 Å². The lowest BCUT2D eigenvalue weighted by Gasteiger charge is -2.25. The molecule has 1 N–H and O–H groups in total. The first kappa shape index (κ1) is 17.0. The van der Waals surface area contributed by atoms with E-state index in [2.05, 4.69) is 21.4 Å². The lowest BCUT2D eigenvalue weighted by Crippen LogP contribution is -2.34. The quantitative estimate of drug-likeness (QED) is 0.768. The highest BCUT2D eigenvalue weighted by Crippen LogP contribution is 2.31. The van der Waals surface area contributed by atoms with Crippen LogP contribution in [-0.4, -0.2) is 29.0 Å². The second-order valence-electron chi connectivity index (χ2n) is 6.79. The number of rotatable bonds is 3. The Morgan fingerprint density at radius 2 is 2.08 bits per heavy atom. The molecule has 0 aliphatic carbocycles. The highest BCUT2D eigenvalue weighted by molar-refractivity contribution is 7.20. The number of hydrogen-bond acceptors (Lipinski definition) is 5. The predicted octanol–water partition coefficient (Wildman–Crippen LogP) is 3.60. The van der Waals surface area contributed by atoms with Crippen molar-refractivity contribution < 1.29 is 9.53 Å². The second-order valence-corrected chi connectivity index (χ2v) is 7.79. The van der Waals surface area contributed by atoms with Gasteiger partial charge in [-0.25, -0.2) is 9.97 Å². The number of aryl methyl sites for hydroxylation is 3. The van der Waals surface area contributed by atoms with Gasteiger partial charge in [-0.3, -0.25) is 4.79 Å². The van der Waals surface area contributed by atoms with Gasteiger partial charge < -0.3 is 10.1 Å². The number of aromatic nitrogens is 2. The first-order chi connectivity index (χ1) is 12.5. The average molecular weight is 367 g/mol. The number of carbonyl (C=O) groups excluding carboxylic acids is 1. The molecular weight excluding hydrogens is 346 g/mol. The maximum Gasteiger partial charge on any atom is 0.261 e. The van der Waals surface area contributed by atoms with Crippen LogP contribution in [0.5, 0.6) is 5.75 Å². The predicted molar refractivity (Wildman–Crippen MR) is 103 cm³/mol. The zero-order chi connectivity index (χ0) is 18.3. The molecule has 0 fully saturated rings. The third kappa shape index (κ3) is 3.05. The molecule has 6 heteroatoms. The molecule has 0 spiro atoms. The summed E-state index contributed by atoms with van der Waals surface area (Å²) in [6.45, 7) is 7.05. The molecule has 134 valence electrons. The molecule has 3 aromatic rings. The summed E-state index contributed by atoms with van der Waals surface area (Å²) in [6.07, 6.45) is 0.922. The third-order valence-corrected chi connectivity index (χ3v) is 5.98. The van der Waals surface area contributed by atoms with Gasteiger partial charge in [0, 0.05) is 23.5 Å². The molecule has 26 heavy (non-hydrogen) atoms. The van der Waals surface area contributed by atoms with Gasteiger partial charge in [0.2, 0.25) is 0 Å². The maximum absolute atomic E-state index is 12.7. The van der Waals surface area contributed by atoms with E-state index in [1.807, 2.05) is 39.0 Å². The van der Waals surface area contributed by atoms with Crippen molar-refractivity contribution in [3.63, 3.8) is 0 Å². The summed E-state index contributed by atoms with van der Waals surface area (Å²) in [5.74, 6) is 1.94. The minimum Gasteiger partial charge on any atom is -0.493 e. The van der Waals surface area contributed by atoms with Crippen molar-refractivity contribution in [1.29, 1.82) is 0 Å². The minimum absolute atomic E-state index is 0.0404. The van der Waals surface area contributed by atoms with Crippen LogP contribution >= 0.6 is 11.3 Å². The molecule has 1 aliphatic rings. The molecule has 0 saturated carbocycles. The van der Waals surface area contributed by atoms with Crippen molar-refractivity contribution >= 4 is 27.5 Å². The van der Waals surface area contributed by atoms with Crippen molar-refractivity contribution in [3.05, 3.63) is 51.8 Å². The maximum atomic E-state index is 12.7. The fourth-order valence-corrected chi connectivity index (χ4v) is 4.72. The Kier molecular flexibility index (Phi) is 4.36. The topological polar surface area (TPSA) is 64.1 Å². The lowest BCUT2D eigenvalue weighted by molar-refractivity contribution is 0.0942. The average Bonchev–Trinajstić information content (AvgIpc) is 2.96. The number of carbonyl (C=O) groups is 1. The molecule has 4 rings (SSSR count). The third-order valence-electron chi connectivity index (χ3n) is 4.80. The van der Waals surface area contributed by atoms with E-state index < -0.39 is 0 Å². The van der Waals surface area contributed by atoms with Gasteiger partial charge in [-0.15, -0.1) is 11.3 Å². The molecule has 0 saturated heterocycles. The zero-order valence-corrected chi connectivity index (χ0v) is 15.9. The van der Waals surface area contributed by atoms with Crippen LogP contribution in [0.15, 0.2) is 24.3 Å². The fraction of sp³-hybridized carbons (Fsp3) is 0.350. The van der Waals surface area contributed by atoms with Crippen LogP contribution in [0, 0.1) is 26.7 Å². The molecule has 1 aliphatic heterocycles. The summed E-state index contributed by atoms with van der Waals surface area (Å²) < 4.78 is 5.81. The molecule has 1 amide bonds. The Morgan fingerprint density at radius 3 is 2.92 bits per heavy atom. The smallest absolute Gasteiger partial charge is 0.261 e. The Labute approximate surface area is 156 Å². The van der Waals surface area contributed by atoms with Crippen LogP contribution < -0.4 is 10.1 Å². The first-order valence-corrected chi connectivity index (χ1v) is 9.58. The van der Waals surface area contributed by atoms with E-state index in [0.29, 0.717) is 13.2 Å². The van der Waals surface area contributed by atoms with Crippen LogP contribution in [0.25, 0.3) is 10.2 Å². The number of nitrogens with zero attached hydrogens (tertiary/aromatic N) is 2. The van der Waals surface area contributed by atoms with Gasteiger partial charge in [0.15, 0.2) is 0 Å². The van der Waals surface area contributed by atoms with Crippen molar-refractivity contribution in [3.8, 4) is 5.75 Å². The molecule has 3 heterocycles. The standard InChI is InChI=1S/C20H21N3O2S/c1-11-17-12(2)22-13(3)23-20(17)26-18(11)19(24)21-9-14-8-15-6-4-5-7-16(15)25-10-14/h4-7,14H,8-10H2,1-3H3,(H,21,24). The Bertz CT molecular complexity index is 996. The largest absolute Gasteiger partial charge is 0.493 e. The van der Waals surface area contributed by atoms with Crippen molar-refractivity contribution in [2.24, 2.45) is 5.92 Å². The highest BCUT2D eigenvalue weighted by Gasteiger charge is 2.22. The fourth-order valence-electron chi connectivity index (χ4n) is 3.53. The lowest BCUT2D eigenvalue weighted by atomic mass is 9.97. The first-order valence-electron chi connectivity index (χ1n) is 8.76. The number of para-hydroxylation sites is 1. The number of nitrogens with one attached hydrogen (secondary N) is 1. The highest BCUT2D eigenvalue weighted by atomic mass is 32.1. The number of amides is 1. The molecule has 0 radical (unpaired) electrons. The number of benzene rings is 1. The van der Waals surface area contributed by atoms with Gasteiger partial charge in [0.05, 0.1) is 11.5 Å². The molecule has 2 aromatic heterocycles. The SMILES string of the molecule is Cc1nc(C)c2c(C)c(C(=O)NCC3COc4ccccc4C3)sc2n1. The van der Waals surface area contributed by atoms with Gasteiger partial charge in [0.25, 0.3) is 5.91 Å². The number of thiophene rings is 1. The van der Waals surface area contributed by atoms with Gasteiger partial charge in [-0.1, -0.05) is 18.2 Å². The number of ether oxygens (including phenoxy) is 1. The van der Waals surface area contributed by atoms with Crippen LogP contribution in [0.3, 0.4) is 0 Å². The number of fused-ring (bicyclic) bond motifs is 2. The Balaban J connectivity index is 1.48. The summed E-state index contributed by atoms with van der Waals surface area (Å²) in [5.41, 5.74) is 3.10. The summed E-state index contributed by atoms with van der Waals surface area (Å²) in [4.78, 5) is 23.2. The summed E-state index contributed by atoms with van der Waals surface area (Å²) in [7, 11) is 0. The van der Waals surface area contributed by atoms with Crippen molar-refractivity contribution in [2.75, 3.05) is 13.2 Å². The molecular formula is C20H21N3O2S. The summed E-state index contributed by atoms with van der Waals surface area (Å²) in [6, 6.07) is 8.09. The Morgan fingerprint density at radius 1 is 1.27 bits per heavy atom. The monoisotopic (exact) mass is 367 g/mol. The summed E-state index contributed by atoms with van der Waals surface area (Å²) in [5, 5.41) is 4.08.